The Bertz CT molecular complexity index is 569. The van der Waals surface area contributed by atoms with Crippen molar-refractivity contribution in [3.05, 3.63) is 52.5 Å². The molecule has 0 saturated carbocycles. The van der Waals surface area contributed by atoms with Crippen LogP contribution >= 0.6 is 11.3 Å². The quantitative estimate of drug-likeness (QED) is 0.862. The molecule has 0 spiro atoms. The van der Waals surface area contributed by atoms with Crippen molar-refractivity contribution < 1.29 is 9.90 Å². The SMILES string of the molecule is CC(O)C(C)(CNC(=O)c1cscn1)Cc1ccccc1. The first-order chi connectivity index (χ1) is 10.0. The minimum Gasteiger partial charge on any atom is -0.393 e. The van der Waals surface area contributed by atoms with E-state index in [0.717, 1.165) is 5.56 Å². The molecule has 1 amide bonds. The summed E-state index contributed by atoms with van der Waals surface area (Å²) < 4.78 is 0. The highest BCUT2D eigenvalue weighted by Gasteiger charge is 2.31. The number of aliphatic hydroxyl groups is 1. The van der Waals surface area contributed by atoms with Crippen LogP contribution in [0.1, 0.15) is 29.9 Å². The molecule has 1 aromatic heterocycles. The molecule has 0 fully saturated rings. The molecule has 0 bridgehead atoms. The molecule has 2 rings (SSSR count). The van der Waals surface area contributed by atoms with Crippen LogP contribution in [-0.2, 0) is 6.42 Å². The maximum Gasteiger partial charge on any atom is 0.270 e. The zero-order valence-corrected chi connectivity index (χ0v) is 13.1. The fourth-order valence-electron chi connectivity index (χ4n) is 2.12. The third kappa shape index (κ3) is 4.12. The van der Waals surface area contributed by atoms with Gasteiger partial charge in [0.15, 0.2) is 0 Å². The van der Waals surface area contributed by atoms with Gasteiger partial charge in [0.1, 0.15) is 5.69 Å². The number of amides is 1. The van der Waals surface area contributed by atoms with Gasteiger partial charge in [0.05, 0.1) is 11.6 Å². The first-order valence-corrected chi connectivity index (χ1v) is 7.84. The second-order valence-corrected chi connectivity index (χ2v) is 6.27. The smallest absolute Gasteiger partial charge is 0.270 e. The van der Waals surface area contributed by atoms with Gasteiger partial charge in [-0.15, -0.1) is 11.3 Å². The summed E-state index contributed by atoms with van der Waals surface area (Å²) in [6.45, 7) is 4.14. The van der Waals surface area contributed by atoms with Crippen LogP contribution in [0.3, 0.4) is 0 Å². The topological polar surface area (TPSA) is 62.2 Å². The molecular formula is C16H20N2O2S. The number of carbonyl (C=O) groups excluding carboxylic acids is 1. The van der Waals surface area contributed by atoms with Gasteiger partial charge >= 0.3 is 0 Å². The summed E-state index contributed by atoms with van der Waals surface area (Å²) in [4.78, 5) is 16.0. The maximum atomic E-state index is 12.0. The van der Waals surface area contributed by atoms with Crippen LogP contribution < -0.4 is 5.32 Å². The highest BCUT2D eigenvalue weighted by molar-refractivity contribution is 7.07. The van der Waals surface area contributed by atoms with Crippen molar-refractivity contribution in [1.29, 1.82) is 0 Å². The van der Waals surface area contributed by atoms with Crippen LogP contribution in [0.5, 0.6) is 0 Å². The number of rotatable bonds is 6. The summed E-state index contributed by atoms with van der Waals surface area (Å²) in [5.41, 5.74) is 2.77. The van der Waals surface area contributed by atoms with E-state index in [1.54, 1.807) is 17.8 Å². The lowest BCUT2D eigenvalue weighted by molar-refractivity contribution is 0.0499. The normalized spacial score (nSPS) is 15.2. The van der Waals surface area contributed by atoms with E-state index in [0.29, 0.717) is 18.7 Å². The molecule has 4 nitrogen and oxygen atoms in total. The highest BCUT2D eigenvalue weighted by Crippen LogP contribution is 2.26. The molecule has 5 heteroatoms. The van der Waals surface area contributed by atoms with Gasteiger partial charge in [0.2, 0.25) is 0 Å². The van der Waals surface area contributed by atoms with Crippen LogP contribution in [0.25, 0.3) is 0 Å². The maximum absolute atomic E-state index is 12.0. The Kier molecular flexibility index (Phi) is 5.09. The van der Waals surface area contributed by atoms with E-state index < -0.39 is 11.5 Å². The third-order valence-electron chi connectivity index (χ3n) is 3.78. The van der Waals surface area contributed by atoms with E-state index in [4.69, 9.17) is 0 Å². The number of nitrogens with one attached hydrogen (secondary N) is 1. The van der Waals surface area contributed by atoms with Crippen molar-refractivity contribution in [2.45, 2.75) is 26.4 Å². The first-order valence-electron chi connectivity index (χ1n) is 6.90. The summed E-state index contributed by atoms with van der Waals surface area (Å²) in [5, 5.41) is 14.7. The lowest BCUT2D eigenvalue weighted by Gasteiger charge is -2.33. The van der Waals surface area contributed by atoms with Crippen LogP contribution in [0.15, 0.2) is 41.2 Å². The number of carbonyl (C=O) groups is 1. The molecule has 0 radical (unpaired) electrons. The summed E-state index contributed by atoms with van der Waals surface area (Å²) in [6.07, 6.45) is 0.163. The number of hydrogen-bond acceptors (Lipinski definition) is 4. The Morgan fingerprint density at radius 2 is 2.14 bits per heavy atom. The van der Waals surface area contributed by atoms with E-state index in [-0.39, 0.29) is 5.91 Å². The van der Waals surface area contributed by atoms with Crippen molar-refractivity contribution in [3.8, 4) is 0 Å². The standard InChI is InChI=1S/C16H20N2O2S/c1-12(19)16(2,8-13-6-4-3-5-7-13)10-17-15(20)14-9-21-11-18-14/h3-7,9,11-12,19H,8,10H2,1-2H3,(H,17,20). The Hall–Kier alpha value is -1.72. The minimum atomic E-state index is -0.534. The number of hydrogen-bond donors (Lipinski definition) is 2. The van der Waals surface area contributed by atoms with Gasteiger partial charge in [-0.3, -0.25) is 4.79 Å². The minimum absolute atomic E-state index is 0.198. The second kappa shape index (κ2) is 6.83. The molecule has 2 N–H and O–H groups in total. The summed E-state index contributed by atoms with van der Waals surface area (Å²) in [7, 11) is 0. The van der Waals surface area contributed by atoms with Gasteiger partial charge in [-0.25, -0.2) is 4.98 Å². The molecule has 2 aromatic rings. The van der Waals surface area contributed by atoms with Gasteiger partial charge in [-0.1, -0.05) is 37.3 Å². The number of aliphatic hydroxyl groups excluding tert-OH is 1. The fraction of sp³-hybridized carbons (Fsp3) is 0.375. The van der Waals surface area contributed by atoms with Crippen LogP contribution in [0.4, 0.5) is 0 Å². The van der Waals surface area contributed by atoms with Crippen molar-refractivity contribution in [3.63, 3.8) is 0 Å². The predicted molar refractivity (Wildman–Crippen MR) is 84.4 cm³/mol. The third-order valence-corrected chi connectivity index (χ3v) is 4.36. The van der Waals surface area contributed by atoms with Gasteiger partial charge < -0.3 is 10.4 Å². The molecular weight excluding hydrogens is 284 g/mol. The number of nitrogens with zero attached hydrogens (tertiary/aromatic N) is 1. The lowest BCUT2D eigenvalue weighted by Crippen LogP contribution is -2.43. The molecule has 112 valence electrons. The van der Waals surface area contributed by atoms with Crippen molar-refractivity contribution >= 4 is 17.2 Å². The molecule has 0 saturated heterocycles. The number of thiazole rings is 1. The lowest BCUT2D eigenvalue weighted by atomic mass is 9.79. The van der Waals surface area contributed by atoms with E-state index in [9.17, 15) is 9.90 Å². The molecule has 0 aliphatic rings. The van der Waals surface area contributed by atoms with Gasteiger partial charge in [0, 0.05) is 17.3 Å². The van der Waals surface area contributed by atoms with Gasteiger partial charge in [-0.05, 0) is 18.9 Å². The summed E-state index contributed by atoms with van der Waals surface area (Å²) in [5.74, 6) is -0.198. The van der Waals surface area contributed by atoms with Crippen LogP contribution in [0, 0.1) is 5.41 Å². The Morgan fingerprint density at radius 1 is 1.43 bits per heavy atom. The monoisotopic (exact) mass is 304 g/mol. The molecule has 1 aromatic carbocycles. The zero-order valence-electron chi connectivity index (χ0n) is 12.2. The molecule has 0 aliphatic carbocycles. The van der Waals surface area contributed by atoms with Crippen LogP contribution in [-0.4, -0.2) is 28.6 Å². The second-order valence-electron chi connectivity index (χ2n) is 5.55. The number of aromatic nitrogens is 1. The Balaban J connectivity index is 2.03. The van der Waals surface area contributed by atoms with Crippen molar-refractivity contribution in [1.82, 2.24) is 10.3 Å². The van der Waals surface area contributed by atoms with Crippen molar-refractivity contribution in [2.75, 3.05) is 6.54 Å². The molecule has 2 atom stereocenters. The summed E-state index contributed by atoms with van der Waals surface area (Å²) in [6, 6.07) is 9.98. The molecule has 0 aliphatic heterocycles. The average molecular weight is 304 g/mol. The largest absolute Gasteiger partial charge is 0.393 e. The molecule has 1 heterocycles. The fourth-order valence-corrected chi connectivity index (χ4v) is 2.65. The summed E-state index contributed by atoms with van der Waals surface area (Å²) >= 11 is 1.39. The Morgan fingerprint density at radius 3 is 2.71 bits per heavy atom. The van der Waals surface area contributed by atoms with E-state index in [2.05, 4.69) is 10.3 Å². The van der Waals surface area contributed by atoms with E-state index in [1.807, 2.05) is 37.3 Å². The van der Waals surface area contributed by atoms with Gasteiger partial charge in [-0.2, -0.15) is 0 Å². The Labute approximate surface area is 128 Å². The van der Waals surface area contributed by atoms with E-state index >= 15 is 0 Å². The zero-order chi connectivity index (χ0) is 15.3. The van der Waals surface area contributed by atoms with Crippen molar-refractivity contribution in [2.24, 2.45) is 5.41 Å². The molecule has 2 unspecified atom stereocenters. The molecule has 21 heavy (non-hydrogen) atoms. The average Bonchev–Trinajstić information content (AvgIpc) is 3.00. The predicted octanol–water partition coefficient (Wildman–Crippen LogP) is 2.50. The van der Waals surface area contributed by atoms with E-state index in [1.165, 1.54) is 11.3 Å². The van der Waals surface area contributed by atoms with Gasteiger partial charge in [0.25, 0.3) is 5.91 Å². The van der Waals surface area contributed by atoms with Crippen LogP contribution in [0.2, 0.25) is 0 Å². The highest BCUT2D eigenvalue weighted by atomic mass is 32.1. The first kappa shape index (κ1) is 15.7. The number of benzene rings is 1.